The van der Waals surface area contributed by atoms with E-state index < -0.39 is 16.8 Å². The zero-order valence-electron chi connectivity index (χ0n) is 14.7. The number of hydrogen-bond acceptors (Lipinski definition) is 7. The number of para-hydroxylation sites is 1. The number of anilines is 1. The van der Waals surface area contributed by atoms with Gasteiger partial charge >= 0.3 is 5.97 Å². The smallest absolute Gasteiger partial charge is 0.350 e. The molecule has 9 heteroatoms. The molecular weight excluding hydrogens is 382 g/mol. The third-order valence-corrected chi connectivity index (χ3v) is 4.65. The highest BCUT2D eigenvalue weighted by molar-refractivity contribution is 7.18. The zero-order chi connectivity index (χ0) is 20.1. The van der Waals surface area contributed by atoms with Crippen molar-refractivity contribution in [3.63, 3.8) is 0 Å². The number of nitrogens with one attached hydrogen (secondary N) is 1. The van der Waals surface area contributed by atoms with E-state index in [9.17, 15) is 19.7 Å². The number of nitro benzene ring substituents is 1. The lowest BCUT2D eigenvalue weighted by molar-refractivity contribution is -0.385. The van der Waals surface area contributed by atoms with Crippen LogP contribution in [0, 0.1) is 10.1 Å². The highest BCUT2D eigenvalue weighted by Crippen LogP contribution is 2.32. The number of carbonyl (C=O) groups is 2. The molecule has 2 aromatic carbocycles. The Morgan fingerprint density at radius 2 is 1.82 bits per heavy atom. The summed E-state index contributed by atoms with van der Waals surface area (Å²) < 4.78 is 5.07. The van der Waals surface area contributed by atoms with Crippen LogP contribution in [-0.2, 0) is 4.74 Å². The lowest BCUT2D eigenvalue weighted by atomic mass is 10.1. The summed E-state index contributed by atoms with van der Waals surface area (Å²) in [5.74, 6) is -1.24. The molecule has 142 valence electrons. The number of rotatable bonds is 6. The first-order valence-electron chi connectivity index (χ1n) is 8.29. The zero-order valence-corrected chi connectivity index (χ0v) is 15.6. The van der Waals surface area contributed by atoms with Crippen LogP contribution in [0.3, 0.4) is 0 Å². The number of esters is 1. The molecule has 0 unspecified atom stereocenters. The molecule has 3 rings (SSSR count). The molecule has 8 nitrogen and oxygen atoms in total. The summed E-state index contributed by atoms with van der Waals surface area (Å²) in [6.07, 6.45) is 0. The number of ether oxygens (including phenoxy) is 1. The Labute approximate surface area is 164 Å². The van der Waals surface area contributed by atoms with Gasteiger partial charge in [0.15, 0.2) is 5.13 Å². The van der Waals surface area contributed by atoms with E-state index in [2.05, 4.69) is 10.3 Å². The highest BCUT2D eigenvalue weighted by atomic mass is 32.1. The molecule has 0 aliphatic rings. The van der Waals surface area contributed by atoms with Crippen molar-refractivity contribution in [1.82, 2.24) is 4.98 Å². The second-order valence-corrected chi connectivity index (χ2v) is 6.51. The molecule has 0 fully saturated rings. The van der Waals surface area contributed by atoms with Gasteiger partial charge in [0, 0.05) is 11.6 Å². The van der Waals surface area contributed by atoms with E-state index in [1.165, 1.54) is 24.3 Å². The van der Waals surface area contributed by atoms with Crippen LogP contribution in [-0.4, -0.2) is 28.4 Å². The van der Waals surface area contributed by atoms with E-state index >= 15 is 0 Å². The van der Waals surface area contributed by atoms with Crippen molar-refractivity contribution in [1.29, 1.82) is 0 Å². The summed E-state index contributed by atoms with van der Waals surface area (Å²) in [6.45, 7) is 1.89. The number of nitrogens with zero attached hydrogens (tertiary/aromatic N) is 2. The molecule has 0 saturated heterocycles. The first-order valence-corrected chi connectivity index (χ1v) is 9.11. The van der Waals surface area contributed by atoms with Gasteiger partial charge in [-0.25, -0.2) is 9.78 Å². The van der Waals surface area contributed by atoms with Gasteiger partial charge in [-0.2, -0.15) is 0 Å². The van der Waals surface area contributed by atoms with Crippen molar-refractivity contribution in [2.75, 3.05) is 11.9 Å². The predicted molar refractivity (Wildman–Crippen MR) is 105 cm³/mol. The molecule has 1 aromatic heterocycles. The topological polar surface area (TPSA) is 111 Å². The molecule has 28 heavy (non-hydrogen) atoms. The molecule has 0 bridgehead atoms. The van der Waals surface area contributed by atoms with Crippen LogP contribution in [0.4, 0.5) is 10.8 Å². The molecule has 1 N–H and O–H groups in total. The van der Waals surface area contributed by atoms with Crippen LogP contribution >= 0.6 is 11.3 Å². The number of benzene rings is 2. The maximum atomic E-state index is 12.5. The van der Waals surface area contributed by atoms with Gasteiger partial charge in [0.1, 0.15) is 10.4 Å². The van der Waals surface area contributed by atoms with Gasteiger partial charge in [0.2, 0.25) is 0 Å². The molecule has 1 heterocycles. The fraction of sp³-hybridized carbons (Fsp3) is 0.105. The van der Waals surface area contributed by atoms with Crippen LogP contribution in [0.5, 0.6) is 0 Å². The molecule has 0 aliphatic carbocycles. The molecule has 1 amide bonds. The minimum atomic E-state index is -0.684. The Morgan fingerprint density at radius 3 is 2.50 bits per heavy atom. The Morgan fingerprint density at radius 1 is 1.14 bits per heavy atom. The summed E-state index contributed by atoms with van der Waals surface area (Å²) in [4.78, 5) is 39.9. The summed E-state index contributed by atoms with van der Waals surface area (Å²) >= 11 is 0.952. The molecule has 0 spiro atoms. The highest BCUT2D eigenvalue weighted by Gasteiger charge is 2.24. The van der Waals surface area contributed by atoms with Crippen LogP contribution in [0.15, 0.2) is 54.6 Å². The summed E-state index contributed by atoms with van der Waals surface area (Å²) in [5.41, 5.74) is 0.655. The average Bonchev–Trinajstić information content (AvgIpc) is 3.12. The quantitative estimate of drug-likeness (QED) is 0.380. The van der Waals surface area contributed by atoms with Crippen LogP contribution < -0.4 is 5.32 Å². The first-order chi connectivity index (χ1) is 13.5. The summed E-state index contributed by atoms with van der Waals surface area (Å²) in [6, 6.07) is 14.6. The van der Waals surface area contributed by atoms with E-state index in [1.54, 1.807) is 31.2 Å². The summed E-state index contributed by atoms with van der Waals surface area (Å²) in [7, 11) is 0. The molecule has 0 aliphatic heterocycles. The lowest BCUT2D eigenvalue weighted by Gasteiger charge is -2.02. The van der Waals surface area contributed by atoms with Gasteiger partial charge in [-0.1, -0.05) is 53.8 Å². The van der Waals surface area contributed by atoms with Crippen molar-refractivity contribution in [2.24, 2.45) is 0 Å². The van der Waals surface area contributed by atoms with Crippen LogP contribution in [0.2, 0.25) is 0 Å². The van der Waals surface area contributed by atoms with Crippen molar-refractivity contribution in [3.8, 4) is 11.3 Å². The van der Waals surface area contributed by atoms with Crippen LogP contribution in [0.1, 0.15) is 27.0 Å². The van der Waals surface area contributed by atoms with Gasteiger partial charge in [0.05, 0.1) is 17.2 Å². The number of thiazole rings is 1. The standard InChI is InChI=1S/C19H15N3O5S/c1-2-27-18(24)16-15(12-8-4-3-5-9-12)20-19(28-16)21-17(23)13-10-6-7-11-14(13)22(25)26/h3-11H,2H2,1H3,(H,20,21,23). The fourth-order valence-corrected chi connectivity index (χ4v) is 3.37. The second-order valence-electron chi connectivity index (χ2n) is 5.51. The predicted octanol–water partition coefficient (Wildman–Crippen LogP) is 4.15. The molecule has 0 atom stereocenters. The Hall–Kier alpha value is -3.59. The van der Waals surface area contributed by atoms with Crippen molar-refractivity contribution in [3.05, 3.63) is 75.2 Å². The van der Waals surface area contributed by atoms with E-state index in [1.807, 2.05) is 6.07 Å². The van der Waals surface area contributed by atoms with E-state index in [-0.39, 0.29) is 27.9 Å². The normalized spacial score (nSPS) is 10.3. The van der Waals surface area contributed by atoms with Gasteiger partial charge < -0.3 is 4.74 Å². The SMILES string of the molecule is CCOC(=O)c1sc(NC(=O)c2ccccc2[N+](=O)[O-])nc1-c1ccccc1. The Kier molecular flexibility index (Phi) is 5.75. The maximum Gasteiger partial charge on any atom is 0.350 e. The Bertz CT molecular complexity index is 1030. The first kappa shape index (κ1) is 19.2. The number of nitro groups is 1. The number of carbonyl (C=O) groups excluding carboxylic acids is 2. The largest absolute Gasteiger partial charge is 0.462 e. The molecule has 0 radical (unpaired) electrons. The fourth-order valence-electron chi connectivity index (χ4n) is 2.49. The monoisotopic (exact) mass is 397 g/mol. The van der Waals surface area contributed by atoms with Crippen molar-refractivity contribution in [2.45, 2.75) is 6.92 Å². The van der Waals surface area contributed by atoms with Crippen LogP contribution in [0.25, 0.3) is 11.3 Å². The van der Waals surface area contributed by atoms with E-state index in [0.29, 0.717) is 11.3 Å². The van der Waals surface area contributed by atoms with Gasteiger partial charge in [-0.15, -0.1) is 0 Å². The van der Waals surface area contributed by atoms with E-state index in [0.717, 1.165) is 11.3 Å². The Balaban J connectivity index is 1.96. The minimum absolute atomic E-state index is 0.0957. The van der Waals surface area contributed by atoms with E-state index in [4.69, 9.17) is 4.74 Å². The van der Waals surface area contributed by atoms with Gasteiger partial charge in [-0.3, -0.25) is 20.2 Å². The number of aromatic nitrogens is 1. The third-order valence-electron chi connectivity index (χ3n) is 3.70. The van der Waals surface area contributed by atoms with Crippen molar-refractivity contribution >= 4 is 34.0 Å². The molecular formula is C19H15N3O5S. The maximum absolute atomic E-state index is 12.5. The lowest BCUT2D eigenvalue weighted by Crippen LogP contribution is -2.13. The second kappa shape index (κ2) is 8.40. The third kappa shape index (κ3) is 4.04. The number of amides is 1. The summed E-state index contributed by atoms with van der Waals surface area (Å²) in [5, 5.41) is 13.8. The molecule has 0 saturated carbocycles. The van der Waals surface area contributed by atoms with Crippen molar-refractivity contribution < 1.29 is 19.2 Å². The molecule has 3 aromatic rings. The van der Waals surface area contributed by atoms with Gasteiger partial charge in [-0.05, 0) is 13.0 Å². The number of hydrogen-bond donors (Lipinski definition) is 1. The van der Waals surface area contributed by atoms with Gasteiger partial charge in [0.25, 0.3) is 11.6 Å². The minimum Gasteiger partial charge on any atom is -0.462 e. The average molecular weight is 397 g/mol.